The number of carbonyl (C=O) groups excluding carboxylic acids is 1. The molecular weight excluding hydrogens is 341 g/mol. The zero-order valence-corrected chi connectivity index (χ0v) is 14.5. The van der Waals surface area contributed by atoms with Crippen LogP contribution in [0, 0.1) is 15.9 Å². The van der Waals surface area contributed by atoms with Crippen LogP contribution in [0.4, 0.5) is 20.6 Å². The Bertz CT molecular complexity index is 777. The summed E-state index contributed by atoms with van der Waals surface area (Å²) in [6, 6.07) is 9.00. The zero-order chi connectivity index (χ0) is 19.1. The number of benzene rings is 2. The van der Waals surface area contributed by atoms with Crippen molar-refractivity contribution in [1.82, 2.24) is 5.32 Å². The Morgan fingerprint density at radius 1 is 1.19 bits per heavy atom. The standard InChI is InChI=1S/C18H20FN3O4/c1-3-12(4-2)20-18(23)21-13-5-10-17(16(19)11-13)26-15-8-6-14(7-9-15)22(24)25/h5-12H,3-4H2,1-2H3,(H2,20,21,23). The largest absolute Gasteiger partial charge is 0.454 e. The first-order valence-corrected chi connectivity index (χ1v) is 8.22. The molecule has 0 saturated heterocycles. The lowest BCUT2D eigenvalue weighted by Gasteiger charge is -2.15. The molecule has 0 unspecified atom stereocenters. The number of nitro benzene ring substituents is 1. The van der Waals surface area contributed by atoms with Gasteiger partial charge in [-0.2, -0.15) is 0 Å². The average Bonchev–Trinajstić information content (AvgIpc) is 2.62. The highest BCUT2D eigenvalue weighted by atomic mass is 19.1. The Morgan fingerprint density at radius 2 is 1.85 bits per heavy atom. The van der Waals surface area contributed by atoms with Crippen molar-refractivity contribution in [3.8, 4) is 11.5 Å². The average molecular weight is 361 g/mol. The number of hydrogen-bond donors (Lipinski definition) is 2. The second-order valence-corrected chi connectivity index (χ2v) is 5.61. The van der Waals surface area contributed by atoms with E-state index < -0.39 is 16.8 Å². The minimum absolute atomic E-state index is 0.0511. The van der Waals surface area contributed by atoms with Crippen molar-refractivity contribution in [2.24, 2.45) is 0 Å². The highest BCUT2D eigenvalue weighted by Crippen LogP contribution is 2.28. The Labute approximate surface area is 150 Å². The molecule has 0 aliphatic heterocycles. The maximum Gasteiger partial charge on any atom is 0.319 e. The van der Waals surface area contributed by atoms with Gasteiger partial charge in [0.25, 0.3) is 5.69 Å². The minimum Gasteiger partial charge on any atom is -0.454 e. The van der Waals surface area contributed by atoms with Crippen molar-refractivity contribution in [3.63, 3.8) is 0 Å². The highest BCUT2D eigenvalue weighted by molar-refractivity contribution is 5.89. The molecule has 0 bridgehead atoms. The second kappa shape index (κ2) is 8.80. The van der Waals surface area contributed by atoms with Gasteiger partial charge in [0.2, 0.25) is 0 Å². The molecule has 2 rings (SSSR count). The van der Waals surface area contributed by atoms with Gasteiger partial charge >= 0.3 is 6.03 Å². The number of hydrogen-bond acceptors (Lipinski definition) is 4. The molecule has 0 radical (unpaired) electrons. The molecule has 0 spiro atoms. The van der Waals surface area contributed by atoms with Gasteiger partial charge < -0.3 is 15.4 Å². The van der Waals surface area contributed by atoms with Crippen LogP contribution < -0.4 is 15.4 Å². The van der Waals surface area contributed by atoms with Gasteiger partial charge in [0, 0.05) is 29.9 Å². The maximum atomic E-state index is 14.2. The fourth-order valence-corrected chi connectivity index (χ4v) is 2.27. The van der Waals surface area contributed by atoms with Crippen LogP contribution in [0.25, 0.3) is 0 Å². The summed E-state index contributed by atoms with van der Waals surface area (Å²) in [5.74, 6) is -0.449. The Morgan fingerprint density at radius 3 is 2.38 bits per heavy atom. The quantitative estimate of drug-likeness (QED) is 0.545. The van der Waals surface area contributed by atoms with E-state index in [0.29, 0.717) is 5.69 Å². The van der Waals surface area contributed by atoms with Gasteiger partial charge in [-0.1, -0.05) is 13.8 Å². The molecule has 2 N–H and O–H groups in total. The first kappa shape index (κ1) is 19.2. The molecule has 0 heterocycles. The first-order chi connectivity index (χ1) is 12.4. The van der Waals surface area contributed by atoms with Gasteiger partial charge in [0.15, 0.2) is 11.6 Å². The predicted octanol–water partition coefficient (Wildman–Crippen LogP) is 4.84. The van der Waals surface area contributed by atoms with Gasteiger partial charge in [-0.25, -0.2) is 9.18 Å². The molecule has 0 aromatic heterocycles. The summed E-state index contributed by atoms with van der Waals surface area (Å²) in [5, 5.41) is 16.0. The topological polar surface area (TPSA) is 93.5 Å². The number of amides is 2. The second-order valence-electron chi connectivity index (χ2n) is 5.61. The number of rotatable bonds is 7. The SMILES string of the molecule is CCC(CC)NC(=O)Nc1ccc(Oc2ccc([N+](=O)[O-])cc2)c(F)c1. The van der Waals surface area contributed by atoms with E-state index in [-0.39, 0.29) is 23.2 Å². The molecule has 0 saturated carbocycles. The Kier molecular flexibility index (Phi) is 6.48. The monoisotopic (exact) mass is 361 g/mol. The summed E-state index contributed by atoms with van der Waals surface area (Å²) in [6.45, 7) is 3.94. The van der Waals surface area contributed by atoms with Crippen molar-refractivity contribution in [1.29, 1.82) is 0 Å². The molecule has 138 valence electrons. The van der Waals surface area contributed by atoms with E-state index in [4.69, 9.17) is 4.74 Å². The van der Waals surface area contributed by atoms with Gasteiger partial charge in [0.05, 0.1) is 4.92 Å². The summed E-state index contributed by atoms with van der Waals surface area (Å²) in [4.78, 5) is 22.0. The highest BCUT2D eigenvalue weighted by Gasteiger charge is 2.11. The number of nitrogens with zero attached hydrogens (tertiary/aromatic N) is 1. The molecule has 0 fully saturated rings. The van der Waals surface area contributed by atoms with Gasteiger partial charge in [0.1, 0.15) is 5.75 Å². The van der Waals surface area contributed by atoms with E-state index in [9.17, 15) is 19.3 Å². The number of ether oxygens (including phenoxy) is 1. The van der Waals surface area contributed by atoms with Crippen molar-refractivity contribution in [2.75, 3.05) is 5.32 Å². The predicted molar refractivity (Wildman–Crippen MR) is 96.1 cm³/mol. The Hall–Kier alpha value is -3.16. The van der Waals surface area contributed by atoms with E-state index in [1.54, 1.807) is 0 Å². The number of nitrogens with one attached hydrogen (secondary N) is 2. The van der Waals surface area contributed by atoms with Crippen LogP contribution in [0.2, 0.25) is 0 Å². The van der Waals surface area contributed by atoms with E-state index in [0.717, 1.165) is 18.9 Å². The third-order valence-corrected chi connectivity index (χ3v) is 3.79. The molecule has 0 atom stereocenters. The number of nitro groups is 1. The summed E-state index contributed by atoms with van der Waals surface area (Å²) in [5.41, 5.74) is 0.211. The van der Waals surface area contributed by atoms with Gasteiger partial charge in [-0.05, 0) is 37.1 Å². The van der Waals surface area contributed by atoms with Crippen LogP contribution in [0.5, 0.6) is 11.5 Å². The van der Waals surface area contributed by atoms with Crippen LogP contribution in [-0.2, 0) is 0 Å². The van der Waals surface area contributed by atoms with E-state index >= 15 is 0 Å². The third-order valence-electron chi connectivity index (χ3n) is 3.79. The maximum absolute atomic E-state index is 14.2. The molecule has 26 heavy (non-hydrogen) atoms. The van der Waals surface area contributed by atoms with E-state index in [1.807, 2.05) is 13.8 Å². The van der Waals surface area contributed by atoms with Crippen LogP contribution in [-0.4, -0.2) is 17.0 Å². The minimum atomic E-state index is -0.663. The number of halogens is 1. The molecule has 2 aromatic carbocycles. The molecule has 8 heteroatoms. The van der Waals surface area contributed by atoms with E-state index in [1.165, 1.54) is 36.4 Å². The Balaban J connectivity index is 2.02. The van der Waals surface area contributed by atoms with Gasteiger partial charge in [-0.3, -0.25) is 10.1 Å². The molecule has 0 aliphatic rings. The molecule has 7 nitrogen and oxygen atoms in total. The van der Waals surface area contributed by atoms with Crippen LogP contribution in [0.15, 0.2) is 42.5 Å². The van der Waals surface area contributed by atoms with E-state index in [2.05, 4.69) is 10.6 Å². The summed E-state index contributed by atoms with van der Waals surface area (Å²) >= 11 is 0. The van der Waals surface area contributed by atoms with Crippen LogP contribution in [0.3, 0.4) is 0 Å². The van der Waals surface area contributed by atoms with Crippen molar-refractivity contribution in [2.45, 2.75) is 32.7 Å². The fraction of sp³-hybridized carbons (Fsp3) is 0.278. The number of urea groups is 1. The lowest BCUT2D eigenvalue weighted by atomic mass is 10.2. The normalized spacial score (nSPS) is 10.5. The van der Waals surface area contributed by atoms with Crippen molar-refractivity contribution >= 4 is 17.4 Å². The van der Waals surface area contributed by atoms with Crippen molar-refractivity contribution < 1.29 is 18.8 Å². The number of anilines is 1. The van der Waals surface area contributed by atoms with Crippen LogP contribution >= 0.6 is 0 Å². The van der Waals surface area contributed by atoms with Crippen LogP contribution in [0.1, 0.15) is 26.7 Å². The summed E-state index contributed by atoms with van der Waals surface area (Å²) in [7, 11) is 0. The molecule has 2 aromatic rings. The molecule has 0 aliphatic carbocycles. The summed E-state index contributed by atoms with van der Waals surface area (Å²) < 4.78 is 19.6. The third kappa shape index (κ3) is 5.17. The first-order valence-electron chi connectivity index (χ1n) is 8.22. The van der Waals surface area contributed by atoms with Crippen molar-refractivity contribution in [3.05, 3.63) is 58.4 Å². The molecular formula is C18H20FN3O4. The lowest BCUT2D eigenvalue weighted by molar-refractivity contribution is -0.384. The number of carbonyl (C=O) groups is 1. The number of non-ortho nitro benzene ring substituents is 1. The van der Waals surface area contributed by atoms with Gasteiger partial charge in [-0.15, -0.1) is 0 Å². The molecule has 2 amide bonds. The fourth-order valence-electron chi connectivity index (χ4n) is 2.27. The smallest absolute Gasteiger partial charge is 0.319 e. The zero-order valence-electron chi connectivity index (χ0n) is 14.5. The summed E-state index contributed by atoms with van der Waals surface area (Å²) in [6.07, 6.45) is 1.61. The lowest BCUT2D eigenvalue weighted by Crippen LogP contribution is -2.37.